The monoisotopic (exact) mass is 285 g/mol. The first kappa shape index (κ1) is 13.0. The maximum Gasteiger partial charge on any atom is 0.280 e. The Labute approximate surface area is 119 Å². The molecule has 0 N–H and O–H groups in total. The van der Waals surface area contributed by atoms with Crippen LogP contribution in [0.3, 0.4) is 0 Å². The molecule has 7 nitrogen and oxygen atoms in total. The zero-order chi connectivity index (χ0) is 15.1. The quantitative estimate of drug-likeness (QED) is 0.624. The maximum absolute atomic E-state index is 12.2. The number of hydrogen-bond donors (Lipinski definition) is 0. The minimum absolute atomic E-state index is 0.0590. The molecule has 1 aliphatic heterocycles. The second-order valence-corrected chi connectivity index (χ2v) is 4.58. The number of carbonyl (C=O) groups excluding carboxylic acids is 1. The highest BCUT2D eigenvalue weighted by atomic mass is 16.6. The minimum Gasteiger partial charge on any atom is -0.398 e. The van der Waals surface area contributed by atoms with Gasteiger partial charge in [0.1, 0.15) is 7.11 Å². The molecule has 0 bridgehead atoms. The highest BCUT2D eigenvalue weighted by Crippen LogP contribution is 2.40. The number of benzene rings is 2. The van der Waals surface area contributed by atoms with Crippen LogP contribution in [0.2, 0.25) is 0 Å². The van der Waals surface area contributed by atoms with Gasteiger partial charge in [-0.15, -0.1) is 0 Å². The van der Waals surface area contributed by atoms with Crippen LogP contribution in [0.15, 0.2) is 35.5 Å². The molecule has 106 valence electrons. The lowest BCUT2D eigenvalue weighted by Gasteiger charge is -2.12. The average Bonchev–Trinajstić information content (AvgIpc) is 2.72. The molecule has 2 aromatic rings. The van der Waals surface area contributed by atoms with Crippen LogP contribution in [0.4, 0.5) is 11.4 Å². The summed E-state index contributed by atoms with van der Waals surface area (Å²) in [6.07, 6.45) is 0. The molecular formula is C14H11N3O4. The van der Waals surface area contributed by atoms with Crippen molar-refractivity contribution in [2.45, 2.75) is 0 Å². The van der Waals surface area contributed by atoms with E-state index in [9.17, 15) is 14.9 Å². The number of likely N-dealkylation sites (N-methyl/N-ethyl adjacent to an activating group) is 1. The fourth-order valence-corrected chi connectivity index (χ4v) is 2.59. The number of carbonyl (C=O) groups is 1. The Bertz CT molecular complexity index is 813. The summed E-state index contributed by atoms with van der Waals surface area (Å²) in [6, 6.07) is 8.29. The highest BCUT2D eigenvalue weighted by molar-refractivity contribution is 6.55. The van der Waals surface area contributed by atoms with Crippen molar-refractivity contribution in [1.29, 1.82) is 0 Å². The molecule has 7 heteroatoms. The summed E-state index contributed by atoms with van der Waals surface area (Å²) in [5, 5.41) is 16.1. The van der Waals surface area contributed by atoms with E-state index in [1.165, 1.54) is 18.1 Å². The standard InChI is InChI=1S/C14H11N3O4/c1-16-13-9-6-4-3-5-8(9)11(17(19)20)7-10(13)12(14(16)18)15-21-2/h3-7H,1-2H3. The summed E-state index contributed by atoms with van der Waals surface area (Å²) in [5.41, 5.74) is 1.03. The Morgan fingerprint density at radius 2 is 1.95 bits per heavy atom. The van der Waals surface area contributed by atoms with Gasteiger partial charge in [0.25, 0.3) is 11.6 Å². The predicted molar refractivity (Wildman–Crippen MR) is 77.6 cm³/mol. The topological polar surface area (TPSA) is 85.0 Å². The molecular weight excluding hydrogens is 274 g/mol. The van der Waals surface area contributed by atoms with Gasteiger partial charge in [0.05, 0.1) is 16.0 Å². The zero-order valence-electron chi connectivity index (χ0n) is 11.4. The first-order valence-corrected chi connectivity index (χ1v) is 6.16. The Hall–Kier alpha value is -2.96. The number of amides is 1. The van der Waals surface area contributed by atoms with E-state index in [4.69, 9.17) is 0 Å². The Balaban J connectivity index is 2.45. The third-order valence-electron chi connectivity index (χ3n) is 3.47. The predicted octanol–water partition coefficient (Wildman–Crippen LogP) is 2.07. The van der Waals surface area contributed by atoms with Gasteiger partial charge in [0.15, 0.2) is 5.71 Å². The van der Waals surface area contributed by atoms with Gasteiger partial charge in [-0.25, -0.2) is 0 Å². The Kier molecular flexibility index (Phi) is 2.83. The molecule has 2 aromatic carbocycles. The number of nitrogens with zero attached hydrogens (tertiary/aromatic N) is 3. The summed E-state index contributed by atoms with van der Waals surface area (Å²) >= 11 is 0. The van der Waals surface area contributed by atoms with Crippen LogP contribution in [0.25, 0.3) is 10.8 Å². The number of nitro groups is 1. The van der Waals surface area contributed by atoms with E-state index in [0.29, 0.717) is 22.0 Å². The number of oxime groups is 1. The molecule has 0 atom stereocenters. The van der Waals surface area contributed by atoms with Crippen molar-refractivity contribution in [1.82, 2.24) is 0 Å². The van der Waals surface area contributed by atoms with Gasteiger partial charge >= 0.3 is 0 Å². The summed E-state index contributed by atoms with van der Waals surface area (Å²) in [5.74, 6) is -0.350. The average molecular weight is 285 g/mol. The third kappa shape index (κ3) is 1.74. The van der Waals surface area contributed by atoms with E-state index in [-0.39, 0.29) is 17.3 Å². The summed E-state index contributed by atoms with van der Waals surface area (Å²) in [6.45, 7) is 0. The molecule has 0 fully saturated rings. The van der Waals surface area contributed by atoms with Crippen LogP contribution in [0.1, 0.15) is 5.56 Å². The molecule has 1 heterocycles. The van der Waals surface area contributed by atoms with Gasteiger partial charge in [0, 0.05) is 24.1 Å². The molecule has 0 unspecified atom stereocenters. The van der Waals surface area contributed by atoms with Gasteiger partial charge in [-0.05, 0) is 6.07 Å². The van der Waals surface area contributed by atoms with Crippen molar-refractivity contribution in [2.75, 3.05) is 19.1 Å². The van der Waals surface area contributed by atoms with E-state index in [1.807, 2.05) is 0 Å². The SMILES string of the molecule is CON=C1C(=O)N(C)c2c1cc([N+](=O)[O-])c1ccccc21. The summed E-state index contributed by atoms with van der Waals surface area (Å²) in [4.78, 5) is 29.2. The molecule has 0 saturated heterocycles. The molecule has 21 heavy (non-hydrogen) atoms. The maximum atomic E-state index is 12.2. The number of non-ortho nitro benzene ring substituents is 1. The number of anilines is 1. The van der Waals surface area contributed by atoms with Crippen LogP contribution < -0.4 is 4.90 Å². The number of rotatable bonds is 2. The Morgan fingerprint density at radius 3 is 2.57 bits per heavy atom. The van der Waals surface area contributed by atoms with E-state index in [1.54, 1.807) is 31.3 Å². The smallest absolute Gasteiger partial charge is 0.280 e. The van der Waals surface area contributed by atoms with Crippen LogP contribution in [-0.2, 0) is 9.63 Å². The van der Waals surface area contributed by atoms with Crippen LogP contribution in [0.5, 0.6) is 0 Å². The second kappa shape index (κ2) is 4.55. The Morgan fingerprint density at radius 1 is 1.29 bits per heavy atom. The molecule has 0 spiro atoms. The van der Waals surface area contributed by atoms with Crippen LogP contribution in [-0.4, -0.2) is 30.7 Å². The van der Waals surface area contributed by atoms with Crippen molar-refractivity contribution in [3.05, 3.63) is 46.0 Å². The van der Waals surface area contributed by atoms with Crippen molar-refractivity contribution in [2.24, 2.45) is 5.16 Å². The van der Waals surface area contributed by atoms with Gasteiger partial charge in [-0.3, -0.25) is 14.9 Å². The zero-order valence-corrected chi connectivity index (χ0v) is 11.4. The fraction of sp³-hybridized carbons (Fsp3) is 0.143. The van der Waals surface area contributed by atoms with Gasteiger partial charge in [0.2, 0.25) is 0 Å². The van der Waals surface area contributed by atoms with Crippen molar-refractivity contribution in [3.63, 3.8) is 0 Å². The van der Waals surface area contributed by atoms with Crippen LogP contribution >= 0.6 is 0 Å². The van der Waals surface area contributed by atoms with E-state index in [2.05, 4.69) is 9.99 Å². The van der Waals surface area contributed by atoms with Crippen molar-refractivity contribution >= 4 is 33.8 Å². The lowest BCUT2D eigenvalue weighted by molar-refractivity contribution is -0.383. The van der Waals surface area contributed by atoms with Crippen molar-refractivity contribution in [3.8, 4) is 0 Å². The van der Waals surface area contributed by atoms with Gasteiger partial charge in [-0.1, -0.05) is 23.4 Å². The lowest BCUT2D eigenvalue weighted by Crippen LogP contribution is -2.25. The second-order valence-electron chi connectivity index (χ2n) is 4.58. The van der Waals surface area contributed by atoms with Crippen molar-refractivity contribution < 1.29 is 14.6 Å². The van der Waals surface area contributed by atoms with Gasteiger partial charge in [-0.2, -0.15) is 0 Å². The number of fused-ring (bicyclic) bond motifs is 3. The fourth-order valence-electron chi connectivity index (χ4n) is 2.59. The molecule has 0 aromatic heterocycles. The van der Waals surface area contributed by atoms with E-state index >= 15 is 0 Å². The number of hydrogen-bond acceptors (Lipinski definition) is 5. The number of nitro benzene ring substituents is 1. The van der Waals surface area contributed by atoms with E-state index < -0.39 is 4.92 Å². The first-order chi connectivity index (χ1) is 10.1. The minimum atomic E-state index is -0.462. The normalized spacial score (nSPS) is 15.6. The highest BCUT2D eigenvalue weighted by Gasteiger charge is 2.36. The molecule has 0 radical (unpaired) electrons. The molecule has 0 saturated carbocycles. The molecule has 3 rings (SSSR count). The largest absolute Gasteiger partial charge is 0.398 e. The third-order valence-corrected chi connectivity index (χ3v) is 3.47. The lowest BCUT2D eigenvalue weighted by atomic mass is 10.0. The summed E-state index contributed by atoms with van der Waals surface area (Å²) < 4.78 is 0. The van der Waals surface area contributed by atoms with Crippen LogP contribution in [0, 0.1) is 10.1 Å². The van der Waals surface area contributed by atoms with Gasteiger partial charge < -0.3 is 9.74 Å². The molecule has 0 aliphatic carbocycles. The molecule has 1 aliphatic rings. The van der Waals surface area contributed by atoms with E-state index in [0.717, 1.165) is 0 Å². The first-order valence-electron chi connectivity index (χ1n) is 6.16. The summed E-state index contributed by atoms with van der Waals surface area (Å²) in [7, 11) is 2.94. The molecule has 1 amide bonds.